The van der Waals surface area contributed by atoms with Crippen molar-refractivity contribution in [1.29, 1.82) is 0 Å². The molecule has 1 aromatic carbocycles. The van der Waals surface area contributed by atoms with Gasteiger partial charge in [-0.25, -0.2) is 4.63 Å². The average Bonchev–Trinajstić information content (AvgIpc) is 3.05. The smallest absolute Gasteiger partial charge is 0.243 e. The fourth-order valence-electron chi connectivity index (χ4n) is 1.73. The maximum Gasteiger partial charge on any atom is 0.243 e. The third-order valence-electron chi connectivity index (χ3n) is 2.55. The van der Waals surface area contributed by atoms with Crippen molar-refractivity contribution in [2.75, 3.05) is 5.73 Å². The van der Waals surface area contributed by atoms with Gasteiger partial charge >= 0.3 is 0 Å². The number of nitrogens with two attached hydrogens (primary N) is 1. The third-order valence-corrected chi connectivity index (χ3v) is 2.55. The van der Waals surface area contributed by atoms with Crippen LogP contribution in [-0.2, 0) is 0 Å². The lowest BCUT2D eigenvalue weighted by Gasteiger charge is -2.03. The fraction of sp³-hybridized carbons (Fsp3) is 0. The Balaban J connectivity index is 2.26. The summed E-state index contributed by atoms with van der Waals surface area (Å²) in [6.45, 7) is 0. The number of hydrogen-bond donors (Lipinski definition) is 1. The number of nitrogens with zero attached hydrogens (tertiary/aromatic N) is 5. The van der Waals surface area contributed by atoms with Gasteiger partial charge in [0.05, 0.1) is 0 Å². The van der Waals surface area contributed by atoms with Crippen LogP contribution in [0.1, 0.15) is 10.5 Å². The Morgan fingerprint density at radius 1 is 1.21 bits per heavy atom. The van der Waals surface area contributed by atoms with Crippen LogP contribution in [0.4, 0.5) is 5.82 Å². The van der Waals surface area contributed by atoms with E-state index in [1.165, 1.54) is 4.68 Å². The number of carbonyl (C=O) groups is 1. The molecule has 8 heteroatoms. The second kappa shape index (κ2) is 4.33. The molecule has 2 N–H and O–H groups in total. The van der Waals surface area contributed by atoms with Gasteiger partial charge in [-0.3, -0.25) is 4.79 Å². The van der Waals surface area contributed by atoms with Gasteiger partial charge < -0.3 is 5.73 Å². The zero-order valence-electron chi connectivity index (χ0n) is 9.59. The van der Waals surface area contributed by atoms with Crippen molar-refractivity contribution >= 4 is 12.1 Å². The minimum absolute atomic E-state index is 0.0690. The molecular weight excluding hydrogens is 248 g/mol. The Bertz CT molecular complexity index is 718. The Morgan fingerprint density at radius 3 is 2.63 bits per heavy atom. The molecule has 0 aliphatic carbocycles. The summed E-state index contributed by atoms with van der Waals surface area (Å²) in [5.74, 6) is 0.263. The fourth-order valence-corrected chi connectivity index (χ4v) is 1.73. The quantitative estimate of drug-likeness (QED) is 0.686. The van der Waals surface area contributed by atoms with Crippen LogP contribution in [0.2, 0.25) is 0 Å². The average molecular weight is 256 g/mol. The van der Waals surface area contributed by atoms with Crippen molar-refractivity contribution in [2.45, 2.75) is 0 Å². The molecular formula is C11H8N6O2. The van der Waals surface area contributed by atoms with Gasteiger partial charge in [-0.15, -0.1) is 5.10 Å². The van der Waals surface area contributed by atoms with Crippen LogP contribution >= 0.6 is 0 Å². The maximum atomic E-state index is 11.1. The molecule has 0 aliphatic heterocycles. The number of aldehydes is 1. The first-order valence-corrected chi connectivity index (χ1v) is 5.36. The summed E-state index contributed by atoms with van der Waals surface area (Å²) >= 11 is 0. The zero-order valence-corrected chi connectivity index (χ0v) is 9.59. The summed E-state index contributed by atoms with van der Waals surface area (Å²) in [7, 11) is 0. The predicted molar refractivity (Wildman–Crippen MR) is 64.5 cm³/mol. The van der Waals surface area contributed by atoms with Crippen LogP contribution in [-0.4, -0.2) is 31.6 Å². The summed E-state index contributed by atoms with van der Waals surface area (Å²) in [5, 5.41) is 14.8. The van der Waals surface area contributed by atoms with E-state index in [4.69, 9.17) is 5.73 Å². The maximum absolute atomic E-state index is 11.1. The summed E-state index contributed by atoms with van der Waals surface area (Å²) in [4.78, 5) is 11.1. The van der Waals surface area contributed by atoms with Gasteiger partial charge in [0.25, 0.3) is 0 Å². The highest BCUT2D eigenvalue weighted by Gasteiger charge is 2.20. The van der Waals surface area contributed by atoms with E-state index in [0.29, 0.717) is 12.0 Å². The van der Waals surface area contributed by atoms with Crippen molar-refractivity contribution < 1.29 is 9.42 Å². The highest BCUT2D eigenvalue weighted by molar-refractivity contribution is 5.84. The second-order valence-corrected chi connectivity index (χ2v) is 3.69. The lowest BCUT2D eigenvalue weighted by atomic mass is 10.1. The molecule has 2 aromatic heterocycles. The van der Waals surface area contributed by atoms with E-state index in [-0.39, 0.29) is 17.3 Å². The minimum Gasteiger partial charge on any atom is -0.378 e. The van der Waals surface area contributed by atoms with E-state index in [1.54, 1.807) is 0 Å². The molecule has 3 aromatic rings. The summed E-state index contributed by atoms with van der Waals surface area (Å²) in [6, 6.07) is 9.19. The number of aromatic nitrogens is 5. The highest BCUT2D eigenvalue weighted by atomic mass is 16.6. The Hall–Kier alpha value is -3.03. The van der Waals surface area contributed by atoms with E-state index in [0.717, 1.165) is 5.56 Å². The molecule has 19 heavy (non-hydrogen) atoms. The largest absolute Gasteiger partial charge is 0.378 e. The standard InChI is InChI=1S/C11H8N6O2/c12-10-11(15-19-14-10)17-9(8(6-18)13-16-17)7-4-2-1-3-5-7/h1-6H,(H2,12,14). The zero-order chi connectivity index (χ0) is 13.2. The van der Waals surface area contributed by atoms with E-state index >= 15 is 0 Å². The molecule has 0 saturated carbocycles. The normalized spacial score (nSPS) is 10.5. The molecule has 0 fully saturated rings. The monoisotopic (exact) mass is 256 g/mol. The number of carbonyl (C=O) groups excluding carboxylic acids is 1. The first-order valence-electron chi connectivity index (χ1n) is 5.36. The van der Waals surface area contributed by atoms with Crippen molar-refractivity contribution in [3.63, 3.8) is 0 Å². The molecule has 0 radical (unpaired) electrons. The number of benzene rings is 1. The van der Waals surface area contributed by atoms with Crippen LogP contribution in [0.3, 0.4) is 0 Å². The van der Waals surface area contributed by atoms with Gasteiger partial charge in [0.15, 0.2) is 12.0 Å². The van der Waals surface area contributed by atoms with Gasteiger partial charge in [-0.2, -0.15) is 4.68 Å². The molecule has 0 unspecified atom stereocenters. The number of rotatable bonds is 3. The first-order chi connectivity index (χ1) is 9.31. The number of hydrogen-bond acceptors (Lipinski definition) is 7. The van der Waals surface area contributed by atoms with E-state index in [2.05, 4.69) is 25.3 Å². The van der Waals surface area contributed by atoms with Crippen LogP contribution in [0.25, 0.3) is 17.1 Å². The molecule has 3 rings (SSSR count). The lowest BCUT2D eigenvalue weighted by molar-refractivity contribution is 0.111. The van der Waals surface area contributed by atoms with Gasteiger partial charge in [0.1, 0.15) is 5.69 Å². The molecule has 0 atom stereocenters. The van der Waals surface area contributed by atoms with Crippen LogP contribution < -0.4 is 5.73 Å². The van der Waals surface area contributed by atoms with E-state index in [9.17, 15) is 4.79 Å². The molecule has 0 aliphatic rings. The highest BCUT2D eigenvalue weighted by Crippen LogP contribution is 2.24. The number of anilines is 1. The third kappa shape index (κ3) is 1.75. The van der Waals surface area contributed by atoms with Crippen molar-refractivity contribution in [3.05, 3.63) is 36.0 Å². The Labute approximate surface area is 106 Å². The van der Waals surface area contributed by atoms with Crippen molar-refractivity contribution in [3.8, 4) is 17.1 Å². The topological polar surface area (TPSA) is 113 Å². The minimum atomic E-state index is 0.0690. The van der Waals surface area contributed by atoms with Crippen LogP contribution in [0.5, 0.6) is 0 Å². The second-order valence-electron chi connectivity index (χ2n) is 3.69. The van der Waals surface area contributed by atoms with Gasteiger partial charge in [-0.1, -0.05) is 35.5 Å². The Morgan fingerprint density at radius 2 is 2.00 bits per heavy atom. The molecule has 2 heterocycles. The molecule has 0 saturated heterocycles. The number of nitrogen functional groups attached to an aromatic ring is 1. The lowest BCUT2D eigenvalue weighted by Crippen LogP contribution is -2.03. The Kier molecular flexibility index (Phi) is 2.53. The van der Waals surface area contributed by atoms with Gasteiger partial charge in [-0.05, 0) is 10.3 Å². The SMILES string of the molecule is Nc1nonc1-n1nnc(C=O)c1-c1ccccc1. The van der Waals surface area contributed by atoms with E-state index in [1.807, 2.05) is 30.3 Å². The van der Waals surface area contributed by atoms with Crippen LogP contribution in [0, 0.1) is 0 Å². The van der Waals surface area contributed by atoms with Crippen molar-refractivity contribution in [2.24, 2.45) is 0 Å². The summed E-state index contributed by atoms with van der Waals surface area (Å²) in [5.41, 5.74) is 7.06. The van der Waals surface area contributed by atoms with Crippen LogP contribution in [0.15, 0.2) is 35.0 Å². The summed E-state index contributed by atoms with van der Waals surface area (Å²) < 4.78 is 5.86. The first kappa shape index (κ1) is 11.1. The van der Waals surface area contributed by atoms with Gasteiger partial charge in [0, 0.05) is 5.56 Å². The predicted octanol–water partition coefficient (Wildman–Crippen LogP) is 0.712. The molecule has 8 nitrogen and oxygen atoms in total. The van der Waals surface area contributed by atoms with E-state index < -0.39 is 0 Å². The molecule has 0 bridgehead atoms. The molecule has 0 amide bonds. The molecule has 94 valence electrons. The van der Waals surface area contributed by atoms with Crippen molar-refractivity contribution in [1.82, 2.24) is 25.3 Å². The molecule has 0 spiro atoms. The van der Waals surface area contributed by atoms with Gasteiger partial charge in [0.2, 0.25) is 11.6 Å². The summed E-state index contributed by atoms with van der Waals surface area (Å²) in [6.07, 6.45) is 0.621.